The third-order valence-electron chi connectivity index (χ3n) is 3.88. The van der Waals surface area contributed by atoms with Crippen molar-refractivity contribution in [1.29, 1.82) is 0 Å². The molecule has 0 unspecified atom stereocenters. The van der Waals surface area contributed by atoms with E-state index >= 15 is 0 Å². The monoisotopic (exact) mass is 248 g/mol. The minimum atomic E-state index is 0.111. The van der Waals surface area contributed by atoms with Gasteiger partial charge < -0.3 is 10.6 Å². The maximum atomic E-state index is 5.84. The fourth-order valence-electron chi connectivity index (χ4n) is 2.43. The highest BCUT2D eigenvalue weighted by molar-refractivity contribution is 5.46. The Morgan fingerprint density at radius 3 is 2.50 bits per heavy atom. The first kappa shape index (κ1) is 13.3. The summed E-state index contributed by atoms with van der Waals surface area (Å²) in [7, 11) is 0. The molecule has 2 heterocycles. The third-order valence-corrected chi connectivity index (χ3v) is 3.88. The normalized spacial score (nSPS) is 18.1. The zero-order chi connectivity index (χ0) is 13.2. The molecule has 0 radical (unpaired) electrons. The number of nitrogens with two attached hydrogens (primary N) is 1. The Kier molecular flexibility index (Phi) is 3.88. The molecule has 1 fully saturated rings. The number of anilines is 1. The molecular formula is C14H24N4. The van der Waals surface area contributed by atoms with Gasteiger partial charge in [-0.2, -0.15) is 0 Å². The van der Waals surface area contributed by atoms with Gasteiger partial charge >= 0.3 is 0 Å². The van der Waals surface area contributed by atoms with Crippen LogP contribution < -0.4 is 10.6 Å². The van der Waals surface area contributed by atoms with Crippen molar-refractivity contribution >= 4 is 5.69 Å². The van der Waals surface area contributed by atoms with Gasteiger partial charge in [-0.15, -0.1) is 0 Å². The second-order valence-electron chi connectivity index (χ2n) is 5.65. The van der Waals surface area contributed by atoms with Crippen LogP contribution >= 0.6 is 0 Å². The topological polar surface area (TPSA) is 45.4 Å². The van der Waals surface area contributed by atoms with Gasteiger partial charge in [-0.1, -0.05) is 0 Å². The number of piperazine rings is 1. The Morgan fingerprint density at radius 1 is 1.28 bits per heavy atom. The molecule has 18 heavy (non-hydrogen) atoms. The molecule has 0 saturated carbocycles. The summed E-state index contributed by atoms with van der Waals surface area (Å²) >= 11 is 0. The van der Waals surface area contributed by atoms with Crippen molar-refractivity contribution in [1.82, 2.24) is 9.88 Å². The Hall–Kier alpha value is -1.13. The van der Waals surface area contributed by atoms with Gasteiger partial charge in [0.05, 0.1) is 0 Å². The number of hydrogen-bond acceptors (Lipinski definition) is 4. The van der Waals surface area contributed by atoms with E-state index in [2.05, 4.69) is 40.8 Å². The summed E-state index contributed by atoms with van der Waals surface area (Å²) in [5.41, 5.74) is 8.32. The fraction of sp³-hybridized carbons (Fsp3) is 0.643. The molecule has 0 spiro atoms. The summed E-state index contributed by atoms with van der Waals surface area (Å²) in [6, 6.07) is 4.25. The number of hydrogen-bond donors (Lipinski definition) is 1. The summed E-state index contributed by atoms with van der Waals surface area (Å²) in [6.45, 7) is 11.5. The highest BCUT2D eigenvalue weighted by atomic mass is 15.3. The quantitative estimate of drug-likeness (QED) is 0.874. The molecule has 1 aliphatic heterocycles. The van der Waals surface area contributed by atoms with Crippen LogP contribution in [0.15, 0.2) is 18.3 Å². The maximum Gasteiger partial charge on any atom is 0.0400 e. The number of aryl methyl sites for hydroxylation is 1. The highest BCUT2D eigenvalue weighted by Gasteiger charge is 2.28. The molecule has 1 aromatic heterocycles. The minimum Gasteiger partial charge on any atom is -0.369 e. The Bertz CT molecular complexity index is 395. The standard InChI is InChI=1S/C14H24N4/c1-12-10-13(4-5-16-12)17-6-8-18(9-7-17)14(2,3)11-15/h4-5,10H,6-9,11,15H2,1-3H3. The van der Waals surface area contributed by atoms with Crippen molar-refractivity contribution in [2.45, 2.75) is 26.3 Å². The molecule has 0 atom stereocenters. The smallest absolute Gasteiger partial charge is 0.0400 e. The molecule has 4 nitrogen and oxygen atoms in total. The lowest BCUT2D eigenvalue weighted by atomic mass is 10.0. The second kappa shape index (κ2) is 5.24. The summed E-state index contributed by atoms with van der Waals surface area (Å²) in [5, 5.41) is 0. The zero-order valence-electron chi connectivity index (χ0n) is 11.7. The fourth-order valence-corrected chi connectivity index (χ4v) is 2.43. The molecular weight excluding hydrogens is 224 g/mol. The van der Waals surface area contributed by atoms with Crippen molar-refractivity contribution in [3.05, 3.63) is 24.0 Å². The van der Waals surface area contributed by atoms with Crippen LogP contribution in [0.1, 0.15) is 19.5 Å². The molecule has 4 heteroatoms. The summed E-state index contributed by atoms with van der Waals surface area (Å²) < 4.78 is 0. The highest BCUT2D eigenvalue weighted by Crippen LogP contribution is 2.20. The molecule has 100 valence electrons. The van der Waals surface area contributed by atoms with E-state index in [0.717, 1.165) is 31.9 Å². The first-order chi connectivity index (χ1) is 8.53. The SMILES string of the molecule is Cc1cc(N2CCN(C(C)(C)CN)CC2)ccn1. The summed E-state index contributed by atoms with van der Waals surface area (Å²) in [5.74, 6) is 0. The van der Waals surface area contributed by atoms with E-state index in [0.29, 0.717) is 6.54 Å². The number of nitrogens with zero attached hydrogens (tertiary/aromatic N) is 3. The molecule has 0 bridgehead atoms. The van der Waals surface area contributed by atoms with E-state index in [-0.39, 0.29) is 5.54 Å². The first-order valence-corrected chi connectivity index (χ1v) is 6.66. The Balaban J connectivity index is 1.99. The molecule has 0 aromatic carbocycles. The maximum absolute atomic E-state index is 5.84. The van der Waals surface area contributed by atoms with Gasteiger partial charge in [-0.05, 0) is 32.9 Å². The average molecular weight is 248 g/mol. The summed E-state index contributed by atoms with van der Waals surface area (Å²) in [4.78, 5) is 9.16. The summed E-state index contributed by atoms with van der Waals surface area (Å²) in [6.07, 6.45) is 1.89. The number of aromatic nitrogens is 1. The number of rotatable bonds is 3. The van der Waals surface area contributed by atoms with Crippen LogP contribution in [0, 0.1) is 6.92 Å². The molecule has 1 aromatic rings. The number of pyridine rings is 1. The molecule has 2 rings (SSSR count). The van der Waals surface area contributed by atoms with Crippen LogP contribution in [-0.2, 0) is 0 Å². The Labute approximate surface area is 110 Å². The van der Waals surface area contributed by atoms with Crippen molar-refractivity contribution < 1.29 is 0 Å². The van der Waals surface area contributed by atoms with Crippen LogP contribution in [0.2, 0.25) is 0 Å². The van der Waals surface area contributed by atoms with Gasteiger partial charge in [0.25, 0.3) is 0 Å². The van der Waals surface area contributed by atoms with E-state index in [1.165, 1.54) is 5.69 Å². The predicted molar refractivity (Wildman–Crippen MR) is 75.9 cm³/mol. The van der Waals surface area contributed by atoms with Gasteiger partial charge in [-0.3, -0.25) is 9.88 Å². The van der Waals surface area contributed by atoms with Gasteiger partial charge in [0.2, 0.25) is 0 Å². The predicted octanol–water partition coefficient (Wildman–Crippen LogP) is 1.25. The van der Waals surface area contributed by atoms with Crippen LogP contribution in [0.5, 0.6) is 0 Å². The van der Waals surface area contributed by atoms with Gasteiger partial charge in [-0.25, -0.2) is 0 Å². The van der Waals surface area contributed by atoms with Crippen molar-refractivity contribution in [3.63, 3.8) is 0 Å². The molecule has 0 aliphatic carbocycles. The van der Waals surface area contributed by atoms with E-state index in [1.807, 2.05) is 13.1 Å². The van der Waals surface area contributed by atoms with Crippen molar-refractivity contribution in [2.24, 2.45) is 5.73 Å². The van der Waals surface area contributed by atoms with E-state index in [4.69, 9.17) is 5.73 Å². The minimum absolute atomic E-state index is 0.111. The van der Waals surface area contributed by atoms with Crippen molar-refractivity contribution in [2.75, 3.05) is 37.6 Å². The van der Waals surface area contributed by atoms with Gasteiger partial charge in [0.15, 0.2) is 0 Å². The lowest BCUT2D eigenvalue weighted by Gasteiger charge is -2.44. The Morgan fingerprint density at radius 2 is 1.94 bits per heavy atom. The molecule has 0 amide bonds. The van der Waals surface area contributed by atoms with Gasteiger partial charge in [0.1, 0.15) is 0 Å². The van der Waals surface area contributed by atoms with Crippen LogP contribution in [0.4, 0.5) is 5.69 Å². The lowest BCUT2D eigenvalue weighted by Crippen LogP contribution is -2.57. The zero-order valence-corrected chi connectivity index (χ0v) is 11.7. The molecule has 1 aliphatic rings. The average Bonchev–Trinajstić information content (AvgIpc) is 2.39. The third kappa shape index (κ3) is 2.82. The first-order valence-electron chi connectivity index (χ1n) is 6.66. The van der Waals surface area contributed by atoms with Crippen LogP contribution in [0.25, 0.3) is 0 Å². The molecule has 2 N–H and O–H groups in total. The second-order valence-corrected chi connectivity index (χ2v) is 5.65. The van der Waals surface area contributed by atoms with E-state index < -0.39 is 0 Å². The van der Waals surface area contributed by atoms with Gasteiger partial charge in [0, 0.05) is 55.8 Å². The van der Waals surface area contributed by atoms with Crippen LogP contribution in [-0.4, -0.2) is 48.1 Å². The van der Waals surface area contributed by atoms with E-state index in [1.54, 1.807) is 0 Å². The lowest BCUT2D eigenvalue weighted by molar-refractivity contribution is 0.119. The van der Waals surface area contributed by atoms with E-state index in [9.17, 15) is 0 Å². The van der Waals surface area contributed by atoms with Crippen LogP contribution in [0.3, 0.4) is 0 Å². The largest absolute Gasteiger partial charge is 0.369 e. The molecule has 1 saturated heterocycles. The van der Waals surface area contributed by atoms with Crippen molar-refractivity contribution in [3.8, 4) is 0 Å².